The van der Waals surface area contributed by atoms with Gasteiger partial charge < -0.3 is 31.5 Å². The zero-order valence-corrected chi connectivity index (χ0v) is 22.1. The van der Waals surface area contributed by atoms with Gasteiger partial charge in [-0.3, -0.25) is 9.59 Å². The van der Waals surface area contributed by atoms with E-state index in [-0.39, 0.29) is 24.6 Å². The molecule has 0 spiro atoms. The average molecular weight is 516 g/mol. The predicted octanol–water partition coefficient (Wildman–Crippen LogP) is 4.02. The summed E-state index contributed by atoms with van der Waals surface area (Å²) in [4.78, 5) is 28.8. The highest BCUT2D eigenvalue weighted by molar-refractivity contribution is 6.06. The Bertz CT molecular complexity index is 1360. The van der Waals surface area contributed by atoms with Crippen molar-refractivity contribution in [3.05, 3.63) is 86.3 Å². The maximum absolute atomic E-state index is 13.5. The highest BCUT2D eigenvalue weighted by Gasteiger charge is 2.21. The molecule has 2 aromatic carbocycles. The Labute approximate surface area is 223 Å². The van der Waals surface area contributed by atoms with E-state index in [9.17, 15) is 9.59 Å². The van der Waals surface area contributed by atoms with Crippen LogP contribution in [0.1, 0.15) is 64.0 Å². The monoisotopic (exact) mass is 515 g/mol. The first-order chi connectivity index (χ1) is 18.4. The third-order valence-corrected chi connectivity index (χ3v) is 7.08. The summed E-state index contributed by atoms with van der Waals surface area (Å²) >= 11 is 0. The molecule has 6 N–H and O–H groups in total. The Morgan fingerprint density at radius 1 is 1.11 bits per heavy atom. The molecule has 38 heavy (non-hydrogen) atoms. The van der Waals surface area contributed by atoms with Crippen LogP contribution in [0.15, 0.2) is 47.3 Å². The molecular formula is C30H37N5O3. The van der Waals surface area contributed by atoms with Gasteiger partial charge in [-0.25, -0.2) is 0 Å². The van der Waals surface area contributed by atoms with Crippen LogP contribution in [0.3, 0.4) is 0 Å². The molecule has 1 heterocycles. The van der Waals surface area contributed by atoms with Crippen molar-refractivity contribution in [1.29, 1.82) is 5.41 Å². The number of aromatic nitrogens is 1. The molecule has 8 heteroatoms. The number of carbonyl (C=O) groups is 1. The van der Waals surface area contributed by atoms with Crippen molar-refractivity contribution in [3.63, 3.8) is 0 Å². The first-order valence-corrected chi connectivity index (χ1v) is 13.2. The summed E-state index contributed by atoms with van der Waals surface area (Å²) in [6, 6.07) is 14.1. The van der Waals surface area contributed by atoms with Gasteiger partial charge in [0.25, 0.3) is 11.5 Å². The quantitative estimate of drug-likeness (QED) is 0.170. The van der Waals surface area contributed by atoms with Crippen LogP contribution in [0.4, 0.5) is 5.69 Å². The topological polar surface area (TPSA) is 130 Å². The number of aryl methyl sites for hydroxylation is 2. The molecule has 1 aromatic heterocycles. The molecule has 3 aromatic rings. The molecule has 0 saturated heterocycles. The SMILES string of the molecule is Cc1cc(C)c(CNC(=O)c2cc(-c3cccc(CNCCO)c3)cc(NC3CCCC3)c2C=N)c(=O)[nH]1. The van der Waals surface area contributed by atoms with E-state index in [1.165, 1.54) is 6.21 Å². The molecule has 1 aliphatic carbocycles. The number of pyridine rings is 1. The Morgan fingerprint density at radius 3 is 2.61 bits per heavy atom. The van der Waals surface area contributed by atoms with Gasteiger partial charge in [0.2, 0.25) is 0 Å². The lowest BCUT2D eigenvalue weighted by atomic mass is 9.95. The Hall–Kier alpha value is -3.75. The Morgan fingerprint density at radius 2 is 1.89 bits per heavy atom. The van der Waals surface area contributed by atoms with Gasteiger partial charge in [0.1, 0.15) is 0 Å². The van der Waals surface area contributed by atoms with Crippen LogP contribution in [0.2, 0.25) is 0 Å². The van der Waals surface area contributed by atoms with Crippen molar-refractivity contribution in [2.24, 2.45) is 0 Å². The van der Waals surface area contributed by atoms with Crippen molar-refractivity contribution in [1.82, 2.24) is 15.6 Å². The standard InChI is InChI=1S/C30H37N5O3/c1-19-12-20(2)34-30(38)27(19)18-33-29(37)25-14-23(22-7-5-6-21(13-22)17-32-10-11-36)15-28(26(25)16-31)35-24-8-3-4-9-24/h5-7,12-16,24,31-32,35-36H,3-4,8-11,17-18H2,1-2H3,(H,33,37)(H,34,38). The van der Waals surface area contributed by atoms with E-state index in [0.29, 0.717) is 35.8 Å². The van der Waals surface area contributed by atoms with Crippen molar-refractivity contribution in [2.75, 3.05) is 18.5 Å². The van der Waals surface area contributed by atoms with Gasteiger partial charge in [0.05, 0.1) is 12.2 Å². The Kier molecular flexibility index (Phi) is 9.10. The van der Waals surface area contributed by atoms with Crippen molar-refractivity contribution in [2.45, 2.75) is 58.7 Å². The fourth-order valence-corrected chi connectivity index (χ4v) is 5.11. The molecule has 1 saturated carbocycles. The molecular weight excluding hydrogens is 478 g/mol. The summed E-state index contributed by atoms with van der Waals surface area (Å²) in [6.45, 7) is 5.00. The molecule has 0 bridgehead atoms. The van der Waals surface area contributed by atoms with Gasteiger partial charge >= 0.3 is 0 Å². The normalized spacial score (nSPS) is 13.4. The minimum atomic E-state index is -0.333. The van der Waals surface area contributed by atoms with E-state index in [2.05, 4.69) is 27.0 Å². The number of amides is 1. The van der Waals surface area contributed by atoms with Crippen LogP contribution < -0.4 is 21.5 Å². The fraction of sp³-hybridized carbons (Fsp3) is 0.367. The minimum absolute atomic E-state index is 0.0768. The number of H-pyrrole nitrogens is 1. The number of aliphatic hydroxyl groups excluding tert-OH is 1. The summed E-state index contributed by atoms with van der Waals surface area (Å²) in [7, 11) is 0. The molecule has 1 fully saturated rings. The number of benzene rings is 2. The van der Waals surface area contributed by atoms with Crippen molar-refractivity contribution in [3.8, 4) is 11.1 Å². The van der Waals surface area contributed by atoms with Crippen LogP contribution in [0.5, 0.6) is 0 Å². The van der Waals surface area contributed by atoms with Crippen LogP contribution in [0.25, 0.3) is 11.1 Å². The van der Waals surface area contributed by atoms with Gasteiger partial charge in [-0.15, -0.1) is 0 Å². The molecule has 0 unspecified atom stereocenters. The van der Waals surface area contributed by atoms with Crippen molar-refractivity contribution >= 4 is 17.8 Å². The molecule has 4 rings (SSSR count). The number of hydrogen-bond acceptors (Lipinski definition) is 6. The lowest BCUT2D eigenvalue weighted by molar-refractivity contribution is 0.0950. The second-order valence-corrected chi connectivity index (χ2v) is 9.98. The van der Waals surface area contributed by atoms with E-state index in [1.807, 2.05) is 50.2 Å². The predicted molar refractivity (Wildman–Crippen MR) is 152 cm³/mol. The van der Waals surface area contributed by atoms with Gasteiger partial charge in [-0.1, -0.05) is 31.0 Å². The average Bonchev–Trinajstić information content (AvgIpc) is 3.41. The summed E-state index contributed by atoms with van der Waals surface area (Å²) in [5.41, 5.74) is 6.49. The second kappa shape index (κ2) is 12.7. The molecule has 200 valence electrons. The van der Waals surface area contributed by atoms with Gasteiger partial charge in [-0.2, -0.15) is 0 Å². The van der Waals surface area contributed by atoms with Crippen LogP contribution in [-0.4, -0.2) is 41.4 Å². The first-order valence-electron chi connectivity index (χ1n) is 13.2. The van der Waals surface area contributed by atoms with E-state index in [4.69, 9.17) is 10.5 Å². The lowest BCUT2D eigenvalue weighted by Crippen LogP contribution is -2.29. The second-order valence-electron chi connectivity index (χ2n) is 9.98. The number of nitrogens with one attached hydrogen (secondary N) is 5. The number of hydrogen-bond donors (Lipinski definition) is 6. The maximum atomic E-state index is 13.5. The summed E-state index contributed by atoms with van der Waals surface area (Å²) in [5, 5.41) is 26.9. The van der Waals surface area contributed by atoms with E-state index in [0.717, 1.165) is 59.3 Å². The summed E-state index contributed by atoms with van der Waals surface area (Å²) in [5.74, 6) is -0.333. The molecule has 8 nitrogen and oxygen atoms in total. The van der Waals surface area contributed by atoms with E-state index < -0.39 is 0 Å². The third-order valence-electron chi connectivity index (χ3n) is 7.08. The number of aliphatic hydroxyl groups is 1. The smallest absolute Gasteiger partial charge is 0.253 e. The lowest BCUT2D eigenvalue weighted by Gasteiger charge is -2.20. The van der Waals surface area contributed by atoms with E-state index in [1.54, 1.807) is 0 Å². The minimum Gasteiger partial charge on any atom is -0.395 e. The van der Waals surface area contributed by atoms with Crippen LogP contribution in [-0.2, 0) is 13.1 Å². The summed E-state index contributed by atoms with van der Waals surface area (Å²) in [6.07, 6.45) is 5.68. The molecule has 0 atom stereocenters. The van der Waals surface area contributed by atoms with Gasteiger partial charge in [0.15, 0.2) is 0 Å². The molecule has 1 amide bonds. The highest BCUT2D eigenvalue weighted by Crippen LogP contribution is 2.31. The largest absolute Gasteiger partial charge is 0.395 e. The zero-order chi connectivity index (χ0) is 27.1. The fourth-order valence-electron chi connectivity index (χ4n) is 5.11. The highest BCUT2D eigenvalue weighted by atomic mass is 16.3. The zero-order valence-electron chi connectivity index (χ0n) is 22.1. The van der Waals surface area contributed by atoms with Crippen molar-refractivity contribution < 1.29 is 9.90 Å². The number of aromatic amines is 1. The first kappa shape index (κ1) is 27.3. The molecule has 1 aliphatic rings. The number of anilines is 1. The molecule has 0 aliphatic heterocycles. The number of rotatable bonds is 11. The van der Waals surface area contributed by atoms with Crippen LogP contribution in [0, 0.1) is 19.3 Å². The van der Waals surface area contributed by atoms with Gasteiger partial charge in [0, 0.05) is 54.4 Å². The number of carbonyl (C=O) groups excluding carboxylic acids is 1. The van der Waals surface area contributed by atoms with Crippen LogP contribution >= 0.6 is 0 Å². The summed E-state index contributed by atoms with van der Waals surface area (Å²) < 4.78 is 0. The van der Waals surface area contributed by atoms with Gasteiger partial charge in [-0.05, 0) is 73.2 Å². The Balaban J connectivity index is 1.69. The maximum Gasteiger partial charge on any atom is 0.253 e. The van der Waals surface area contributed by atoms with E-state index >= 15 is 0 Å². The molecule has 0 radical (unpaired) electrons. The third kappa shape index (κ3) is 6.57.